The summed E-state index contributed by atoms with van der Waals surface area (Å²) in [5.74, 6) is 0.823. The Hall–Kier alpha value is -1.65. The largest absolute Gasteiger partial charge is 0.347 e. The Balaban J connectivity index is 3.22. The molecular formula is C14H24N4O. The zero-order valence-corrected chi connectivity index (χ0v) is 12.8. The molecule has 5 heteroatoms. The number of nitrogens with zero attached hydrogens (tertiary/aromatic N) is 4. The van der Waals surface area contributed by atoms with E-state index in [1.165, 1.54) is 0 Å². The van der Waals surface area contributed by atoms with Crippen molar-refractivity contribution in [3.8, 4) is 0 Å². The van der Waals surface area contributed by atoms with Gasteiger partial charge in [-0.1, -0.05) is 13.8 Å². The molecular weight excluding hydrogens is 240 g/mol. The van der Waals surface area contributed by atoms with Crippen LogP contribution >= 0.6 is 0 Å². The number of hydrogen-bond donors (Lipinski definition) is 0. The number of hydrogen-bond acceptors (Lipinski definition) is 4. The molecule has 0 aliphatic carbocycles. The summed E-state index contributed by atoms with van der Waals surface area (Å²) in [5, 5.41) is 0. The fraction of sp³-hybridized carbons (Fsp3) is 0.643. The number of aromatic nitrogens is 2. The lowest BCUT2D eigenvalue weighted by molar-refractivity contribution is 0.0767. The van der Waals surface area contributed by atoms with Crippen LogP contribution in [0, 0.1) is 0 Å². The van der Waals surface area contributed by atoms with Gasteiger partial charge in [0.1, 0.15) is 5.69 Å². The summed E-state index contributed by atoms with van der Waals surface area (Å²) in [6, 6.07) is 1.80. The molecule has 1 rings (SSSR count). The molecule has 5 nitrogen and oxygen atoms in total. The molecule has 1 heterocycles. The second kappa shape index (κ2) is 6.50. The SMILES string of the molecule is CCN(CC)C(=O)c1cc(C(C)C)nc(N(C)C)n1. The summed E-state index contributed by atoms with van der Waals surface area (Å²) in [6.45, 7) is 9.44. The molecule has 106 valence electrons. The average molecular weight is 264 g/mol. The Bertz CT molecular complexity index is 413. The maximum atomic E-state index is 12.4. The van der Waals surface area contributed by atoms with Crippen molar-refractivity contribution in [2.75, 3.05) is 32.1 Å². The van der Waals surface area contributed by atoms with E-state index in [-0.39, 0.29) is 11.8 Å². The van der Waals surface area contributed by atoms with Gasteiger partial charge >= 0.3 is 0 Å². The van der Waals surface area contributed by atoms with Crippen LogP contribution in [-0.4, -0.2) is 48.0 Å². The first-order valence-electron chi connectivity index (χ1n) is 6.76. The fourth-order valence-corrected chi connectivity index (χ4v) is 1.73. The van der Waals surface area contributed by atoms with E-state index in [2.05, 4.69) is 23.8 Å². The molecule has 19 heavy (non-hydrogen) atoms. The van der Waals surface area contributed by atoms with E-state index in [9.17, 15) is 4.79 Å². The van der Waals surface area contributed by atoms with E-state index in [0.29, 0.717) is 24.7 Å². The molecule has 1 aromatic heterocycles. The molecule has 0 bridgehead atoms. The average Bonchev–Trinajstić information content (AvgIpc) is 2.39. The summed E-state index contributed by atoms with van der Waals surface area (Å²) in [5.41, 5.74) is 1.38. The normalized spacial score (nSPS) is 10.7. The van der Waals surface area contributed by atoms with Crippen LogP contribution in [0.5, 0.6) is 0 Å². The number of carbonyl (C=O) groups is 1. The van der Waals surface area contributed by atoms with Crippen molar-refractivity contribution in [3.63, 3.8) is 0 Å². The van der Waals surface area contributed by atoms with Crippen molar-refractivity contribution in [2.24, 2.45) is 0 Å². The number of carbonyl (C=O) groups excluding carboxylic acids is 1. The zero-order valence-electron chi connectivity index (χ0n) is 12.8. The van der Waals surface area contributed by atoms with Gasteiger partial charge in [-0.2, -0.15) is 0 Å². The molecule has 0 fully saturated rings. The lowest BCUT2D eigenvalue weighted by atomic mass is 10.1. The minimum Gasteiger partial charge on any atom is -0.347 e. The molecule has 0 spiro atoms. The second-order valence-corrected chi connectivity index (χ2v) is 5.00. The summed E-state index contributed by atoms with van der Waals surface area (Å²) < 4.78 is 0. The third kappa shape index (κ3) is 3.66. The van der Waals surface area contributed by atoms with Crippen LogP contribution in [0.1, 0.15) is 49.8 Å². The Morgan fingerprint density at radius 2 is 1.79 bits per heavy atom. The van der Waals surface area contributed by atoms with E-state index in [0.717, 1.165) is 5.69 Å². The Labute approximate surface area is 115 Å². The molecule has 0 radical (unpaired) electrons. The minimum absolute atomic E-state index is 0.0302. The molecule has 1 amide bonds. The summed E-state index contributed by atoms with van der Waals surface area (Å²) in [6.07, 6.45) is 0. The van der Waals surface area contributed by atoms with E-state index < -0.39 is 0 Å². The Morgan fingerprint density at radius 1 is 1.21 bits per heavy atom. The molecule has 0 aliphatic heterocycles. The van der Waals surface area contributed by atoms with Crippen molar-refractivity contribution in [2.45, 2.75) is 33.6 Å². The van der Waals surface area contributed by atoms with Gasteiger partial charge in [-0.05, 0) is 25.8 Å². The van der Waals surface area contributed by atoms with Gasteiger partial charge in [0, 0.05) is 32.9 Å². The lowest BCUT2D eigenvalue weighted by Crippen LogP contribution is -2.32. The van der Waals surface area contributed by atoms with Gasteiger partial charge in [0.15, 0.2) is 0 Å². The highest BCUT2D eigenvalue weighted by Crippen LogP contribution is 2.17. The molecule has 0 N–H and O–H groups in total. The highest BCUT2D eigenvalue weighted by Gasteiger charge is 2.18. The second-order valence-electron chi connectivity index (χ2n) is 5.00. The third-order valence-corrected chi connectivity index (χ3v) is 3.00. The van der Waals surface area contributed by atoms with Gasteiger partial charge < -0.3 is 9.80 Å². The molecule has 1 aromatic rings. The molecule has 0 unspecified atom stereocenters. The first-order chi connectivity index (χ1) is 8.90. The Morgan fingerprint density at radius 3 is 2.21 bits per heavy atom. The number of amides is 1. The monoisotopic (exact) mass is 264 g/mol. The van der Waals surface area contributed by atoms with Gasteiger partial charge in [0.2, 0.25) is 5.95 Å². The van der Waals surface area contributed by atoms with E-state index >= 15 is 0 Å². The van der Waals surface area contributed by atoms with Crippen LogP contribution in [0.2, 0.25) is 0 Å². The highest BCUT2D eigenvalue weighted by molar-refractivity contribution is 5.92. The van der Waals surface area contributed by atoms with E-state index in [1.807, 2.05) is 32.8 Å². The summed E-state index contributed by atoms with van der Waals surface area (Å²) in [4.78, 5) is 24.8. The van der Waals surface area contributed by atoms with E-state index in [1.54, 1.807) is 11.0 Å². The van der Waals surface area contributed by atoms with Gasteiger partial charge in [0.25, 0.3) is 5.91 Å². The van der Waals surface area contributed by atoms with Gasteiger partial charge in [-0.3, -0.25) is 4.79 Å². The lowest BCUT2D eigenvalue weighted by Gasteiger charge is -2.20. The predicted octanol–water partition coefficient (Wildman–Crippen LogP) is 2.15. The van der Waals surface area contributed by atoms with Crippen molar-refractivity contribution in [3.05, 3.63) is 17.5 Å². The van der Waals surface area contributed by atoms with Gasteiger partial charge in [-0.15, -0.1) is 0 Å². The molecule has 0 aliphatic rings. The maximum Gasteiger partial charge on any atom is 0.272 e. The minimum atomic E-state index is -0.0302. The number of rotatable bonds is 5. The first-order valence-corrected chi connectivity index (χ1v) is 6.76. The maximum absolute atomic E-state index is 12.4. The van der Waals surface area contributed by atoms with Crippen molar-refractivity contribution < 1.29 is 4.79 Å². The highest BCUT2D eigenvalue weighted by atomic mass is 16.2. The standard InChI is InChI=1S/C14H24N4O/c1-7-18(8-2)13(19)12-9-11(10(3)4)15-14(16-12)17(5)6/h9-10H,7-8H2,1-6H3. The predicted molar refractivity (Wildman–Crippen MR) is 77.7 cm³/mol. The number of anilines is 1. The van der Waals surface area contributed by atoms with Crippen molar-refractivity contribution in [1.82, 2.24) is 14.9 Å². The van der Waals surface area contributed by atoms with Crippen LogP contribution in [0.15, 0.2) is 6.07 Å². The van der Waals surface area contributed by atoms with Crippen molar-refractivity contribution >= 4 is 11.9 Å². The van der Waals surface area contributed by atoms with Gasteiger partial charge in [-0.25, -0.2) is 9.97 Å². The Kier molecular flexibility index (Phi) is 5.27. The van der Waals surface area contributed by atoms with Crippen LogP contribution in [-0.2, 0) is 0 Å². The fourth-order valence-electron chi connectivity index (χ4n) is 1.73. The van der Waals surface area contributed by atoms with Gasteiger partial charge in [0.05, 0.1) is 0 Å². The topological polar surface area (TPSA) is 49.3 Å². The molecule has 0 saturated carbocycles. The van der Waals surface area contributed by atoms with Crippen LogP contribution in [0.3, 0.4) is 0 Å². The molecule has 0 atom stereocenters. The quantitative estimate of drug-likeness (QED) is 0.817. The summed E-state index contributed by atoms with van der Waals surface area (Å²) in [7, 11) is 3.76. The van der Waals surface area contributed by atoms with Crippen LogP contribution in [0.4, 0.5) is 5.95 Å². The van der Waals surface area contributed by atoms with E-state index in [4.69, 9.17) is 0 Å². The summed E-state index contributed by atoms with van der Waals surface area (Å²) >= 11 is 0. The smallest absolute Gasteiger partial charge is 0.272 e. The first kappa shape index (κ1) is 15.4. The zero-order chi connectivity index (χ0) is 14.6. The van der Waals surface area contributed by atoms with Crippen LogP contribution < -0.4 is 4.90 Å². The van der Waals surface area contributed by atoms with Crippen LogP contribution in [0.25, 0.3) is 0 Å². The molecule has 0 aromatic carbocycles. The third-order valence-electron chi connectivity index (χ3n) is 3.00. The molecule has 0 saturated heterocycles. The van der Waals surface area contributed by atoms with Crippen molar-refractivity contribution in [1.29, 1.82) is 0 Å².